The molecule has 7 amide bonds. The molecule has 4 atom stereocenters. The predicted octanol–water partition coefficient (Wildman–Crippen LogP) is -5.59. The molecular formula is C19H33N7O10. The van der Waals surface area contributed by atoms with Gasteiger partial charge in [-0.15, -0.1) is 0 Å². The zero-order chi connectivity index (χ0) is 27.3. The molecule has 9 N–H and O–H groups in total. The highest BCUT2D eigenvalue weighted by Gasteiger charge is 2.32. The maximum atomic E-state index is 12.7. The van der Waals surface area contributed by atoms with Crippen LogP contribution in [-0.2, 0) is 33.4 Å². The van der Waals surface area contributed by atoms with Crippen molar-refractivity contribution in [1.82, 2.24) is 31.7 Å². The van der Waals surface area contributed by atoms with Crippen LogP contribution in [0.2, 0.25) is 0 Å². The van der Waals surface area contributed by atoms with Crippen molar-refractivity contribution in [2.45, 2.75) is 37.6 Å². The first-order chi connectivity index (χ1) is 17.0. The van der Waals surface area contributed by atoms with Crippen molar-refractivity contribution in [2.24, 2.45) is 5.73 Å². The molecule has 0 aromatic heterocycles. The SMILES string of the molecule is C[C@H](O)C1NC(=O)COCCOCCNC(=O)[C@@H](CO)NC(=O)N[C@H](CC(N)=O)C(=O)NN(C)C1=O. The Kier molecular flexibility index (Phi) is 13.1. The van der Waals surface area contributed by atoms with Crippen molar-refractivity contribution in [3.05, 3.63) is 0 Å². The highest BCUT2D eigenvalue weighted by atomic mass is 16.5. The number of hydrogen-bond acceptors (Lipinski definition) is 10. The van der Waals surface area contributed by atoms with E-state index in [0.29, 0.717) is 5.01 Å². The van der Waals surface area contributed by atoms with Crippen LogP contribution in [0.25, 0.3) is 0 Å². The number of likely N-dealkylation sites (N-methyl/N-ethyl adjacent to an activating group) is 1. The Bertz CT molecular complexity index is 809. The minimum atomic E-state index is -1.59. The maximum absolute atomic E-state index is 12.7. The Morgan fingerprint density at radius 3 is 2.31 bits per heavy atom. The van der Waals surface area contributed by atoms with Gasteiger partial charge < -0.3 is 46.7 Å². The summed E-state index contributed by atoms with van der Waals surface area (Å²) in [6, 6.07) is -5.54. The number of primary amides is 1. The lowest BCUT2D eigenvalue weighted by molar-refractivity contribution is -0.146. The van der Waals surface area contributed by atoms with Crippen LogP contribution < -0.4 is 32.4 Å². The van der Waals surface area contributed by atoms with E-state index in [0.717, 1.165) is 7.05 Å². The quantitative estimate of drug-likeness (QED) is 0.175. The Morgan fingerprint density at radius 2 is 1.69 bits per heavy atom. The maximum Gasteiger partial charge on any atom is 0.316 e. The number of hydrogen-bond donors (Lipinski definition) is 8. The zero-order valence-corrected chi connectivity index (χ0v) is 19.9. The van der Waals surface area contributed by atoms with Crippen LogP contribution in [-0.4, -0.2) is 122 Å². The van der Waals surface area contributed by atoms with Crippen LogP contribution in [0.4, 0.5) is 4.79 Å². The normalized spacial score (nSPS) is 25.3. The van der Waals surface area contributed by atoms with Crippen LogP contribution in [0.3, 0.4) is 0 Å². The monoisotopic (exact) mass is 519 g/mol. The third-order valence-corrected chi connectivity index (χ3v) is 4.66. The van der Waals surface area contributed by atoms with E-state index in [2.05, 4.69) is 26.7 Å². The largest absolute Gasteiger partial charge is 0.394 e. The number of ether oxygens (including phenoxy) is 2. The molecule has 1 heterocycles. The van der Waals surface area contributed by atoms with Gasteiger partial charge in [-0.1, -0.05) is 0 Å². The summed E-state index contributed by atoms with van der Waals surface area (Å²) in [7, 11) is 1.11. The van der Waals surface area contributed by atoms with Gasteiger partial charge >= 0.3 is 6.03 Å². The van der Waals surface area contributed by atoms with Gasteiger partial charge in [0.15, 0.2) is 0 Å². The summed E-state index contributed by atoms with van der Waals surface area (Å²) < 4.78 is 10.4. The highest BCUT2D eigenvalue weighted by Crippen LogP contribution is 2.00. The molecule has 1 saturated heterocycles. The van der Waals surface area contributed by atoms with Crippen molar-refractivity contribution in [3.8, 4) is 0 Å². The molecule has 0 saturated carbocycles. The molecule has 0 aromatic rings. The molecule has 1 rings (SSSR count). The molecule has 17 nitrogen and oxygen atoms in total. The summed E-state index contributed by atoms with van der Waals surface area (Å²) in [4.78, 5) is 73.4. The smallest absolute Gasteiger partial charge is 0.316 e. The molecule has 0 spiro atoms. The molecule has 1 aliphatic heterocycles. The first kappa shape index (κ1) is 30.5. The van der Waals surface area contributed by atoms with E-state index in [1.165, 1.54) is 6.92 Å². The number of carbonyl (C=O) groups excluding carboxylic acids is 6. The Hall–Kier alpha value is -3.54. The Balaban J connectivity index is 3.08. The number of nitrogens with one attached hydrogen (secondary N) is 5. The highest BCUT2D eigenvalue weighted by molar-refractivity contribution is 5.94. The van der Waals surface area contributed by atoms with Crippen LogP contribution >= 0.6 is 0 Å². The Labute approximate surface area is 206 Å². The molecule has 204 valence electrons. The van der Waals surface area contributed by atoms with Crippen molar-refractivity contribution in [3.63, 3.8) is 0 Å². The van der Waals surface area contributed by atoms with Gasteiger partial charge in [0.25, 0.3) is 11.8 Å². The van der Waals surface area contributed by atoms with Gasteiger partial charge in [-0.2, -0.15) is 0 Å². The first-order valence-electron chi connectivity index (χ1n) is 10.9. The third-order valence-electron chi connectivity index (χ3n) is 4.66. The van der Waals surface area contributed by atoms with Gasteiger partial charge in [0.1, 0.15) is 24.7 Å². The van der Waals surface area contributed by atoms with Crippen LogP contribution in [0.5, 0.6) is 0 Å². The van der Waals surface area contributed by atoms with E-state index in [-0.39, 0.29) is 26.4 Å². The second kappa shape index (κ2) is 15.5. The van der Waals surface area contributed by atoms with Gasteiger partial charge in [0, 0.05) is 13.6 Å². The number of aliphatic hydroxyl groups excluding tert-OH is 2. The lowest BCUT2D eigenvalue weighted by atomic mass is 10.1. The van der Waals surface area contributed by atoms with Crippen molar-refractivity contribution in [1.29, 1.82) is 0 Å². The van der Waals surface area contributed by atoms with Gasteiger partial charge in [-0.05, 0) is 6.92 Å². The van der Waals surface area contributed by atoms with Crippen molar-refractivity contribution >= 4 is 35.6 Å². The fourth-order valence-corrected chi connectivity index (χ4v) is 2.83. The third kappa shape index (κ3) is 10.8. The number of nitrogens with two attached hydrogens (primary N) is 1. The van der Waals surface area contributed by atoms with Gasteiger partial charge in [-0.3, -0.25) is 34.4 Å². The van der Waals surface area contributed by atoms with Crippen LogP contribution in [0, 0.1) is 0 Å². The molecule has 36 heavy (non-hydrogen) atoms. The average molecular weight is 520 g/mol. The number of nitrogens with zero attached hydrogens (tertiary/aromatic N) is 1. The van der Waals surface area contributed by atoms with Gasteiger partial charge in [0.2, 0.25) is 17.7 Å². The summed E-state index contributed by atoms with van der Waals surface area (Å²) in [5, 5.41) is 29.0. The second-order valence-electron chi connectivity index (χ2n) is 7.69. The molecule has 1 aliphatic rings. The van der Waals surface area contributed by atoms with Gasteiger partial charge in [0.05, 0.1) is 39.0 Å². The Morgan fingerprint density at radius 1 is 1.06 bits per heavy atom. The van der Waals surface area contributed by atoms with E-state index < -0.39 is 79.4 Å². The molecule has 1 fully saturated rings. The number of urea groups is 1. The fraction of sp³-hybridized carbons (Fsp3) is 0.684. The first-order valence-corrected chi connectivity index (χ1v) is 10.9. The fourth-order valence-electron chi connectivity index (χ4n) is 2.83. The van der Waals surface area contributed by atoms with Crippen molar-refractivity contribution in [2.75, 3.05) is 46.6 Å². The number of aliphatic hydroxyl groups is 2. The number of carbonyl (C=O) groups is 6. The molecule has 0 aliphatic carbocycles. The molecule has 1 unspecified atom stereocenters. The molecule has 17 heteroatoms. The zero-order valence-electron chi connectivity index (χ0n) is 19.9. The van der Waals surface area contributed by atoms with Gasteiger partial charge in [-0.25, -0.2) is 4.79 Å². The molecule has 0 aromatic carbocycles. The summed E-state index contributed by atoms with van der Waals surface area (Å²) >= 11 is 0. The summed E-state index contributed by atoms with van der Waals surface area (Å²) in [5.41, 5.74) is 7.26. The minimum absolute atomic E-state index is 0.00681. The number of hydrazine groups is 1. The topological polar surface area (TPSA) is 251 Å². The van der Waals surface area contributed by atoms with Crippen LogP contribution in [0.15, 0.2) is 0 Å². The number of amides is 7. The van der Waals surface area contributed by atoms with E-state index in [9.17, 15) is 39.0 Å². The summed E-state index contributed by atoms with van der Waals surface area (Å²) in [6.07, 6.45) is -2.04. The predicted molar refractivity (Wildman–Crippen MR) is 119 cm³/mol. The van der Waals surface area contributed by atoms with Crippen molar-refractivity contribution < 1.29 is 48.5 Å². The molecule has 0 radical (unpaired) electrons. The van der Waals surface area contributed by atoms with E-state index in [1.807, 2.05) is 0 Å². The lowest BCUT2D eigenvalue weighted by Crippen LogP contribution is -2.61. The summed E-state index contributed by atoms with van der Waals surface area (Å²) in [6.45, 7) is 0.162. The standard InChI is InChI=1S/C19H33N7O10/c1-10(28)15-18(33)26(2)25-17(32)11(7-13(20)29)22-19(34)23-12(8-27)16(31)21-3-4-35-5-6-36-9-14(30)24-15/h10-12,15,27-28H,3-9H2,1-2H3,(H2,20,29)(H,21,31)(H,24,30)(H,25,32)(H2,22,23,34)/t10-,11+,12+,15?/m0/s1. The molecular weight excluding hydrogens is 486 g/mol. The average Bonchev–Trinajstić information content (AvgIpc) is 2.80. The van der Waals surface area contributed by atoms with Crippen LogP contribution in [0.1, 0.15) is 13.3 Å². The summed E-state index contributed by atoms with van der Waals surface area (Å²) in [5.74, 6) is -4.43. The molecule has 0 bridgehead atoms. The minimum Gasteiger partial charge on any atom is -0.394 e. The van der Waals surface area contributed by atoms with E-state index in [1.54, 1.807) is 0 Å². The lowest BCUT2D eigenvalue weighted by Gasteiger charge is -2.28. The van der Waals surface area contributed by atoms with E-state index in [4.69, 9.17) is 15.2 Å². The van der Waals surface area contributed by atoms with E-state index >= 15 is 0 Å². The number of rotatable bonds is 4. The second-order valence-corrected chi connectivity index (χ2v) is 7.69.